The summed E-state index contributed by atoms with van der Waals surface area (Å²) in [6.07, 6.45) is 8.40. The Kier molecular flexibility index (Phi) is 6.78. The van der Waals surface area contributed by atoms with E-state index in [1.165, 1.54) is 12.6 Å². The number of hydrogen-bond donors (Lipinski definition) is 3. The van der Waals surface area contributed by atoms with E-state index in [-0.39, 0.29) is 29.1 Å². The van der Waals surface area contributed by atoms with E-state index in [4.69, 9.17) is 10.5 Å². The molecule has 9 nitrogen and oxygen atoms in total. The van der Waals surface area contributed by atoms with Crippen LogP contribution in [-0.4, -0.2) is 38.3 Å². The van der Waals surface area contributed by atoms with Crippen molar-refractivity contribution in [3.05, 3.63) is 46.5 Å². The van der Waals surface area contributed by atoms with Gasteiger partial charge >= 0.3 is 5.97 Å². The van der Waals surface area contributed by atoms with Crippen molar-refractivity contribution in [2.24, 2.45) is 0 Å². The number of aromatic carboxylic acids is 1. The molecule has 31 heavy (non-hydrogen) atoms. The molecule has 0 bridgehead atoms. The number of ether oxygens (including phenoxy) is 1. The highest BCUT2D eigenvalue weighted by atomic mass is 19.1. The molecular formula is C21H26FN5O4. The van der Waals surface area contributed by atoms with Crippen LogP contribution in [0.2, 0.25) is 0 Å². The standard InChI is InChI=1S/C18H18FN5O4.C3H8/c19-12-13(20)11-15-17(14(12)22-2-1-4-23-5-3-21-9-23)28-7-6-24(15)8-10(16(11)25)18(26)27;1-3-2/h3,5,8-9,22H,1-2,4,6-7,20H2,(H,26,27);3H2,1-2H3. The summed E-state index contributed by atoms with van der Waals surface area (Å²) < 4.78 is 24.1. The summed E-state index contributed by atoms with van der Waals surface area (Å²) in [6, 6.07) is 0. The summed E-state index contributed by atoms with van der Waals surface area (Å²) in [6.45, 7) is 5.93. The van der Waals surface area contributed by atoms with Gasteiger partial charge in [-0.15, -0.1) is 0 Å². The third-order valence-electron chi connectivity index (χ3n) is 4.71. The molecule has 1 aliphatic rings. The highest BCUT2D eigenvalue weighted by Gasteiger charge is 2.28. The first-order chi connectivity index (χ1) is 14.9. The molecule has 0 unspecified atom stereocenters. The van der Waals surface area contributed by atoms with Crippen molar-refractivity contribution in [2.75, 3.05) is 24.2 Å². The molecule has 3 aromatic rings. The summed E-state index contributed by atoms with van der Waals surface area (Å²) in [4.78, 5) is 27.9. The lowest BCUT2D eigenvalue weighted by Gasteiger charge is -2.25. The van der Waals surface area contributed by atoms with Crippen LogP contribution in [0, 0.1) is 5.82 Å². The summed E-state index contributed by atoms with van der Waals surface area (Å²) >= 11 is 0. The summed E-state index contributed by atoms with van der Waals surface area (Å²) in [5, 5.41) is 12.1. The number of carboxylic acids is 1. The molecule has 10 heteroatoms. The number of nitrogens with zero attached hydrogens (tertiary/aromatic N) is 3. The Labute approximate surface area is 178 Å². The second kappa shape index (κ2) is 9.50. The highest BCUT2D eigenvalue weighted by Crippen LogP contribution is 2.41. The van der Waals surface area contributed by atoms with Gasteiger partial charge < -0.3 is 30.0 Å². The zero-order chi connectivity index (χ0) is 22.5. The molecule has 3 heterocycles. The van der Waals surface area contributed by atoms with E-state index < -0.39 is 22.8 Å². The van der Waals surface area contributed by atoms with Crippen LogP contribution in [0.1, 0.15) is 37.0 Å². The van der Waals surface area contributed by atoms with Crippen LogP contribution < -0.4 is 21.2 Å². The topological polar surface area (TPSA) is 124 Å². The van der Waals surface area contributed by atoms with Crippen LogP contribution in [0.3, 0.4) is 0 Å². The van der Waals surface area contributed by atoms with Crippen LogP contribution in [0.5, 0.6) is 5.75 Å². The first kappa shape index (κ1) is 22.1. The van der Waals surface area contributed by atoms with Crippen LogP contribution in [0.15, 0.2) is 29.7 Å². The zero-order valence-electron chi connectivity index (χ0n) is 17.5. The molecule has 0 saturated heterocycles. The third-order valence-corrected chi connectivity index (χ3v) is 4.71. The fraction of sp³-hybridized carbons (Fsp3) is 0.381. The summed E-state index contributed by atoms with van der Waals surface area (Å²) in [7, 11) is 0. The number of aryl methyl sites for hydroxylation is 1. The Hall–Kier alpha value is -3.56. The average Bonchev–Trinajstić information content (AvgIpc) is 3.25. The Morgan fingerprint density at radius 3 is 2.81 bits per heavy atom. The predicted molar refractivity (Wildman–Crippen MR) is 116 cm³/mol. The van der Waals surface area contributed by atoms with E-state index in [1.807, 2.05) is 10.8 Å². The number of carboxylic acid groups (broad SMARTS) is 1. The first-order valence-corrected chi connectivity index (χ1v) is 10.1. The first-order valence-electron chi connectivity index (χ1n) is 10.1. The molecule has 1 aliphatic heterocycles. The van der Waals surface area contributed by atoms with Crippen molar-refractivity contribution in [2.45, 2.75) is 39.8 Å². The minimum Gasteiger partial charge on any atom is -0.487 e. The van der Waals surface area contributed by atoms with Gasteiger partial charge in [0, 0.05) is 31.7 Å². The molecule has 0 amide bonds. The molecule has 166 valence electrons. The Balaban J connectivity index is 0.000000858. The second-order valence-electron chi connectivity index (χ2n) is 7.16. The van der Waals surface area contributed by atoms with Gasteiger partial charge in [0.15, 0.2) is 11.6 Å². The largest absolute Gasteiger partial charge is 0.487 e. The number of hydrogen-bond acceptors (Lipinski definition) is 6. The van der Waals surface area contributed by atoms with Crippen LogP contribution >= 0.6 is 0 Å². The molecule has 0 atom stereocenters. The molecule has 0 saturated carbocycles. The van der Waals surface area contributed by atoms with Gasteiger partial charge in [0.25, 0.3) is 0 Å². The second-order valence-corrected chi connectivity index (χ2v) is 7.16. The van der Waals surface area contributed by atoms with Crippen LogP contribution in [0.25, 0.3) is 10.9 Å². The predicted octanol–water partition coefficient (Wildman–Crippen LogP) is 2.93. The van der Waals surface area contributed by atoms with Crippen molar-refractivity contribution in [3.63, 3.8) is 0 Å². The lowest BCUT2D eigenvalue weighted by atomic mass is 10.1. The minimum atomic E-state index is -1.38. The number of anilines is 2. The Morgan fingerprint density at radius 2 is 2.16 bits per heavy atom. The van der Waals surface area contributed by atoms with E-state index in [2.05, 4.69) is 24.1 Å². The molecule has 0 radical (unpaired) electrons. The minimum absolute atomic E-state index is 0.0755. The normalized spacial score (nSPS) is 12.1. The van der Waals surface area contributed by atoms with Gasteiger partial charge in [-0.25, -0.2) is 14.2 Å². The van der Waals surface area contributed by atoms with Gasteiger partial charge in [-0.1, -0.05) is 20.3 Å². The van der Waals surface area contributed by atoms with Crippen LogP contribution in [-0.2, 0) is 13.1 Å². The number of pyridine rings is 1. The highest BCUT2D eigenvalue weighted by molar-refractivity contribution is 6.03. The van der Waals surface area contributed by atoms with E-state index in [0.717, 1.165) is 0 Å². The number of halogens is 1. The van der Waals surface area contributed by atoms with Crippen molar-refractivity contribution >= 4 is 28.2 Å². The SMILES string of the molecule is CCC.Nc1c(F)c(NCCCn2ccnc2)c2c3c1c(=O)c(C(=O)O)cn3CCO2. The molecule has 4 N–H and O–H groups in total. The monoisotopic (exact) mass is 431 g/mol. The van der Waals surface area contributed by atoms with Crippen molar-refractivity contribution < 1.29 is 19.0 Å². The fourth-order valence-electron chi connectivity index (χ4n) is 3.39. The van der Waals surface area contributed by atoms with Crippen molar-refractivity contribution in [1.82, 2.24) is 14.1 Å². The maximum absolute atomic E-state index is 15.0. The van der Waals surface area contributed by atoms with Gasteiger partial charge in [-0.3, -0.25) is 4.79 Å². The average molecular weight is 431 g/mol. The van der Waals surface area contributed by atoms with Gasteiger partial charge in [-0.2, -0.15) is 0 Å². The number of imidazole rings is 1. The lowest BCUT2D eigenvalue weighted by molar-refractivity contribution is 0.0694. The molecule has 0 spiro atoms. The molecule has 2 aromatic heterocycles. The van der Waals surface area contributed by atoms with Gasteiger partial charge in [0.1, 0.15) is 17.9 Å². The maximum atomic E-state index is 15.0. The number of nitrogens with one attached hydrogen (secondary N) is 1. The molecular weight excluding hydrogens is 405 g/mol. The lowest BCUT2D eigenvalue weighted by Crippen LogP contribution is -2.26. The number of nitrogens with two attached hydrogens (primary N) is 1. The molecule has 0 fully saturated rings. The van der Waals surface area contributed by atoms with E-state index in [0.29, 0.717) is 31.6 Å². The smallest absolute Gasteiger partial charge is 0.341 e. The maximum Gasteiger partial charge on any atom is 0.341 e. The van der Waals surface area contributed by atoms with Crippen molar-refractivity contribution in [3.8, 4) is 5.75 Å². The zero-order valence-corrected chi connectivity index (χ0v) is 17.5. The van der Waals surface area contributed by atoms with E-state index in [1.54, 1.807) is 17.1 Å². The van der Waals surface area contributed by atoms with Gasteiger partial charge in [0.05, 0.1) is 29.5 Å². The van der Waals surface area contributed by atoms with Crippen molar-refractivity contribution in [1.29, 1.82) is 0 Å². The number of carbonyl (C=O) groups is 1. The number of rotatable bonds is 6. The summed E-state index contributed by atoms with van der Waals surface area (Å²) in [5.74, 6) is -2.03. The summed E-state index contributed by atoms with van der Waals surface area (Å²) in [5.41, 5.74) is 4.61. The van der Waals surface area contributed by atoms with Gasteiger partial charge in [-0.05, 0) is 6.42 Å². The number of nitrogen functional groups attached to an aromatic ring is 1. The van der Waals surface area contributed by atoms with Gasteiger partial charge in [0.2, 0.25) is 5.43 Å². The van der Waals surface area contributed by atoms with E-state index in [9.17, 15) is 19.1 Å². The van der Waals surface area contributed by atoms with E-state index >= 15 is 0 Å². The Bertz CT molecular complexity index is 1140. The molecule has 1 aromatic carbocycles. The van der Waals surface area contributed by atoms with Crippen LogP contribution in [0.4, 0.5) is 15.8 Å². The molecule has 4 rings (SSSR count). The molecule has 0 aliphatic carbocycles. The quantitative estimate of drug-likeness (QED) is 0.405. The Morgan fingerprint density at radius 1 is 1.42 bits per heavy atom. The number of benzene rings is 1. The third kappa shape index (κ3) is 4.32. The fourth-order valence-corrected chi connectivity index (χ4v) is 3.39. The number of aromatic nitrogens is 3.